The highest BCUT2D eigenvalue weighted by atomic mass is 16.5. The fourth-order valence-corrected chi connectivity index (χ4v) is 3.01. The maximum absolute atomic E-state index is 13.0. The monoisotopic (exact) mass is 393 g/mol. The Kier molecular flexibility index (Phi) is 6.29. The molecule has 7 nitrogen and oxygen atoms in total. The topological polar surface area (TPSA) is 82.4 Å². The van der Waals surface area contributed by atoms with Crippen LogP contribution in [0.4, 0.5) is 5.69 Å². The molecule has 1 N–H and O–H groups in total. The van der Waals surface area contributed by atoms with Gasteiger partial charge in [-0.25, -0.2) is 4.68 Å². The van der Waals surface area contributed by atoms with Crippen molar-refractivity contribution < 1.29 is 14.3 Å². The maximum atomic E-state index is 13.0. The van der Waals surface area contributed by atoms with Gasteiger partial charge in [-0.05, 0) is 24.6 Å². The molecule has 0 fully saturated rings. The van der Waals surface area contributed by atoms with Crippen molar-refractivity contribution in [3.8, 4) is 22.8 Å². The number of nitrogens with zero attached hydrogens (tertiary/aromatic N) is 2. The Morgan fingerprint density at radius 2 is 1.83 bits per heavy atom. The second-order valence-corrected chi connectivity index (χ2v) is 6.35. The van der Waals surface area contributed by atoms with E-state index in [9.17, 15) is 9.59 Å². The lowest BCUT2D eigenvalue weighted by atomic mass is 10.1. The SMILES string of the molecule is CC[C@@H](C(=O)Nc1cc(OC)ccc1OC)n1nc(-c2ccccc2)ccc1=O. The second kappa shape index (κ2) is 9.05. The first-order valence-corrected chi connectivity index (χ1v) is 9.25. The van der Waals surface area contributed by atoms with Crippen molar-refractivity contribution in [1.29, 1.82) is 0 Å². The summed E-state index contributed by atoms with van der Waals surface area (Å²) in [7, 11) is 3.06. The summed E-state index contributed by atoms with van der Waals surface area (Å²) in [5.74, 6) is 0.710. The van der Waals surface area contributed by atoms with Gasteiger partial charge in [0.25, 0.3) is 5.56 Å². The first-order chi connectivity index (χ1) is 14.1. The fraction of sp³-hybridized carbons (Fsp3) is 0.227. The fourth-order valence-electron chi connectivity index (χ4n) is 3.01. The maximum Gasteiger partial charge on any atom is 0.267 e. The summed E-state index contributed by atoms with van der Waals surface area (Å²) in [5, 5.41) is 7.27. The molecule has 3 aromatic rings. The van der Waals surface area contributed by atoms with Gasteiger partial charge in [0.15, 0.2) is 0 Å². The first-order valence-electron chi connectivity index (χ1n) is 9.25. The van der Waals surface area contributed by atoms with Gasteiger partial charge in [0.2, 0.25) is 5.91 Å². The molecular formula is C22H23N3O4. The molecule has 7 heteroatoms. The van der Waals surface area contributed by atoms with Gasteiger partial charge in [0.05, 0.1) is 25.6 Å². The third-order valence-corrected chi connectivity index (χ3v) is 4.54. The number of carbonyl (C=O) groups excluding carboxylic acids is 1. The molecule has 0 bridgehead atoms. The summed E-state index contributed by atoms with van der Waals surface area (Å²) in [6.07, 6.45) is 0.392. The van der Waals surface area contributed by atoms with Crippen molar-refractivity contribution >= 4 is 11.6 Å². The normalized spacial score (nSPS) is 11.6. The van der Waals surface area contributed by atoms with Gasteiger partial charge in [-0.15, -0.1) is 0 Å². The standard InChI is InChI=1S/C22H23N3O4/c1-4-19(22(27)23-18-14-16(28-2)10-12-20(18)29-3)25-21(26)13-11-17(24-25)15-8-6-5-7-9-15/h5-14,19H,4H2,1-3H3,(H,23,27)/t19-/m0/s1. The third kappa shape index (κ3) is 4.45. The number of carbonyl (C=O) groups is 1. The summed E-state index contributed by atoms with van der Waals surface area (Å²) in [6.45, 7) is 1.83. The van der Waals surface area contributed by atoms with E-state index in [1.165, 1.54) is 17.9 Å². The van der Waals surface area contributed by atoms with Gasteiger partial charge in [-0.1, -0.05) is 37.3 Å². The molecule has 0 spiro atoms. The molecule has 0 saturated heterocycles. The predicted octanol–water partition coefficient (Wildman–Crippen LogP) is 3.52. The third-order valence-electron chi connectivity index (χ3n) is 4.54. The van der Waals surface area contributed by atoms with Crippen molar-refractivity contribution in [2.45, 2.75) is 19.4 Å². The number of benzene rings is 2. The van der Waals surface area contributed by atoms with Gasteiger partial charge in [-0.2, -0.15) is 5.10 Å². The van der Waals surface area contributed by atoms with Gasteiger partial charge in [0, 0.05) is 17.7 Å². The quantitative estimate of drug-likeness (QED) is 0.664. The molecule has 1 heterocycles. The van der Waals surface area contributed by atoms with E-state index in [1.54, 1.807) is 31.4 Å². The number of methoxy groups -OCH3 is 2. The Morgan fingerprint density at radius 1 is 1.07 bits per heavy atom. The number of anilines is 1. The lowest BCUT2D eigenvalue weighted by Crippen LogP contribution is -2.34. The Bertz CT molecular complexity index is 1050. The van der Waals surface area contributed by atoms with Crippen LogP contribution in [0.5, 0.6) is 11.5 Å². The van der Waals surface area contributed by atoms with Crippen molar-refractivity contribution in [3.63, 3.8) is 0 Å². The molecule has 1 atom stereocenters. The largest absolute Gasteiger partial charge is 0.497 e. The van der Waals surface area contributed by atoms with E-state index < -0.39 is 6.04 Å². The number of nitrogens with one attached hydrogen (secondary N) is 1. The van der Waals surface area contributed by atoms with Crippen LogP contribution < -0.4 is 20.3 Å². The average Bonchev–Trinajstić information content (AvgIpc) is 2.76. The Balaban J connectivity index is 1.94. The molecule has 150 valence electrons. The molecule has 29 heavy (non-hydrogen) atoms. The molecule has 0 saturated carbocycles. The van der Waals surface area contributed by atoms with Crippen molar-refractivity contribution in [1.82, 2.24) is 9.78 Å². The van der Waals surface area contributed by atoms with Crippen LogP contribution in [-0.4, -0.2) is 29.9 Å². The summed E-state index contributed by atoms with van der Waals surface area (Å²) >= 11 is 0. The van der Waals surface area contributed by atoms with E-state index in [1.807, 2.05) is 37.3 Å². The molecule has 0 aliphatic heterocycles. The molecule has 1 aromatic heterocycles. The number of ether oxygens (including phenoxy) is 2. The van der Waals surface area contributed by atoms with Crippen molar-refractivity contribution in [2.24, 2.45) is 0 Å². The minimum atomic E-state index is -0.776. The van der Waals surface area contributed by atoms with Crippen molar-refractivity contribution in [2.75, 3.05) is 19.5 Å². The van der Waals surface area contributed by atoms with E-state index in [0.29, 0.717) is 29.3 Å². The number of amides is 1. The molecule has 1 amide bonds. The van der Waals surface area contributed by atoms with Crippen LogP contribution in [0.25, 0.3) is 11.3 Å². The van der Waals surface area contributed by atoms with Crippen LogP contribution in [0, 0.1) is 0 Å². The predicted molar refractivity (Wildman–Crippen MR) is 111 cm³/mol. The minimum absolute atomic E-state index is 0.343. The molecule has 0 aliphatic carbocycles. The molecular weight excluding hydrogens is 370 g/mol. The van der Waals surface area contributed by atoms with Crippen LogP contribution in [0.3, 0.4) is 0 Å². The van der Waals surface area contributed by atoms with Gasteiger partial charge in [0.1, 0.15) is 17.5 Å². The van der Waals surface area contributed by atoms with Crippen LogP contribution in [0.15, 0.2) is 65.5 Å². The molecule has 0 aliphatic rings. The molecule has 2 aromatic carbocycles. The smallest absolute Gasteiger partial charge is 0.267 e. The zero-order valence-electron chi connectivity index (χ0n) is 16.6. The highest BCUT2D eigenvalue weighted by Crippen LogP contribution is 2.29. The van der Waals surface area contributed by atoms with E-state index in [2.05, 4.69) is 10.4 Å². The Hall–Kier alpha value is -3.61. The average molecular weight is 393 g/mol. The lowest BCUT2D eigenvalue weighted by molar-refractivity contribution is -0.119. The van der Waals surface area contributed by atoms with Crippen molar-refractivity contribution in [3.05, 3.63) is 71.0 Å². The Morgan fingerprint density at radius 3 is 2.48 bits per heavy atom. The zero-order valence-corrected chi connectivity index (χ0v) is 16.6. The summed E-state index contributed by atoms with van der Waals surface area (Å²) in [4.78, 5) is 25.5. The Labute approximate surface area is 168 Å². The van der Waals surface area contributed by atoms with Crippen LogP contribution in [-0.2, 0) is 4.79 Å². The first kappa shape index (κ1) is 20.1. The summed E-state index contributed by atoms with van der Waals surface area (Å²) in [6, 6.07) is 16.9. The molecule has 3 rings (SSSR count). The number of rotatable bonds is 7. The van der Waals surface area contributed by atoms with Gasteiger partial charge in [-0.3, -0.25) is 9.59 Å². The van der Waals surface area contributed by atoms with E-state index in [-0.39, 0.29) is 11.5 Å². The van der Waals surface area contributed by atoms with Gasteiger partial charge < -0.3 is 14.8 Å². The second-order valence-electron chi connectivity index (χ2n) is 6.35. The van der Waals surface area contributed by atoms with Crippen LogP contribution in [0.1, 0.15) is 19.4 Å². The molecule has 0 unspecified atom stereocenters. The number of hydrogen-bond donors (Lipinski definition) is 1. The lowest BCUT2D eigenvalue weighted by Gasteiger charge is -2.19. The zero-order chi connectivity index (χ0) is 20.8. The summed E-state index contributed by atoms with van der Waals surface area (Å²) in [5.41, 5.74) is 1.60. The highest BCUT2D eigenvalue weighted by molar-refractivity contribution is 5.95. The number of hydrogen-bond acceptors (Lipinski definition) is 5. The highest BCUT2D eigenvalue weighted by Gasteiger charge is 2.23. The minimum Gasteiger partial charge on any atom is -0.497 e. The van der Waals surface area contributed by atoms with Crippen LogP contribution >= 0.6 is 0 Å². The van der Waals surface area contributed by atoms with E-state index in [4.69, 9.17) is 9.47 Å². The van der Waals surface area contributed by atoms with Crippen LogP contribution in [0.2, 0.25) is 0 Å². The van der Waals surface area contributed by atoms with Gasteiger partial charge >= 0.3 is 0 Å². The van der Waals surface area contributed by atoms with E-state index in [0.717, 1.165) is 5.56 Å². The van der Waals surface area contributed by atoms with E-state index >= 15 is 0 Å². The number of aromatic nitrogens is 2. The summed E-state index contributed by atoms with van der Waals surface area (Å²) < 4.78 is 11.8. The molecule has 0 radical (unpaired) electrons.